The van der Waals surface area contributed by atoms with Crippen LogP contribution in [0.5, 0.6) is 0 Å². The molecule has 0 spiro atoms. The lowest BCUT2D eigenvalue weighted by molar-refractivity contribution is -0.121. The Hall–Kier alpha value is -0.770. The van der Waals surface area contributed by atoms with Crippen LogP contribution in [0, 0.1) is 0 Å². The molecule has 1 aromatic carbocycles. The van der Waals surface area contributed by atoms with Crippen molar-refractivity contribution in [3.63, 3.8) is 0 Å². The Morgan fingerprint density at radius 2 is 2.24 bits per heavy atom. The molecule has 5 heteroatoms. The van der Waals surface area contributed by atoms with Crippen molar-refractivity contribution in [1.29, 1.82) is 0 Å². The summed E-state index contributed by atoms with van der Waals surface area (Å²) < 4.78 is 0. The average Bonchev–Trinajstić information content (AvgIpc) is 2.76. The van der Waals surface area contributed by atoms with E-state index in [0.29, 0.717) is 16.5 Å². The molecule has 1 aliphatic heterocycles. The monoisotopic (exact) mass is 272 g/mol. The molecule has 0 saturated carbocycles. The fourth-order valence-corrected chi connectivity index (χ4v) is 2.21. The molecule has 1 fully saturated rings. The predicted molar refractivity (Wildman–Crippen MR) is 69.6 cm³/mol. The van der Waals surface area contributed by atoms with Crippen LogP contribution in [0.3, 0.4) is 0 Å². The minimum atomic E-state index is 0.0251. The zero-order valence-electron chi connectivity index (χ0n) is 9.30. The SMILES string of the molecule is O=C(Cc1ccc(Cl)c(Cl)c1)N[C@H]1CCNC1. The average molecular weight is 273 g/mol. The molecule has 2 N–H and O–H groups in total. The minimum absolute atomic E-state index is 0.0251. The third kappa shape index (κ3) is 3.60. The second-order valence-electron chi connectivity index (χ2n) is 4.18. The molecule has 1 saturated heterocycles. The zero-order chi connectivity index (χ0) is 12.3. The van der Waals surface area contributed by atoms with E-state index >= 15 is 0 Å². The molecule has 1 aromatic rings. The predicted octanol–water partition coefficient (Wildman–Crippen LogP) is 2.01. The van der Waals surface area contributed by atoms with Gasteiger partial charge >= 0.3 is 0 Å². The number of carbonyl (C=O) groups is 1. The third-order valence-corrected chi connectivity index (χ3v) is 3.51. The molecular formula is C12H14Cl2N2O. The van der Waals surface area contributed by atoms with Gasteiger partial charge in [-0.3, -0.25) is 4.79 Å². The summed E-state index contributed by atoms with van der Waals surface area (Å²) in [5, 5.41) is 7.18. The van der Waals surface area contributed by atoms with Crippen molar-refractivity contribution < 1.29 is 4.79 Å². The fraction of sp³-hybridized carbons (Fsp3) is 0.417. The molecule has 17 heavy (non-hydrogen) atoms. The molecule has 1 aliphatic rings. The first-order valence-corrected chi connectivity index (χ1v) is 6.35. The Labute approximate surface area is 110 Å². The lowest BCUT2D eigenvalue weighted by Gasteiger charge is -2.11. The molecule has 0 radical (unpaired) electrons. The Morgan fingerprint density at radius 1 is 1.41 bits per heavy atom. The molecule has 1 amide bonds. The topological polar surface area (TPSA) is 41.1 Å². The first-order chi connectivity index (χ1) is 8.15. The van der Waals surface area contributed by atoms with Crippen LogP contribution in [-0.2, 0) is 11.2 Å². The van der Waals surface area contributed by atoms with Crippen molar-refractivity contribution in [1.82, 2.24) is 10.6 Å². The smallest absolute Gasteiger partial charge is 0.224 e. The zero-order valence-corrected chi connectivity index (χ0v) is 10.8. The summed E-state index contributed by atoms with van der Waals surface area (Å²) in [6.07, 6.45) is 1.33. The molecule has 1 atom stereocenters. The summed E-state index contributed by atoms with van der Waals surface area (Å²) in [6, 6.07) is 5.52. The number of nitrogens with one attached hydrogen (secondary N) is 2. The van der Waals surface area contributed by atoms with Crippen LogP contribution >= 0.6 is 23.2 Å². The second kappa shape index (κ2) is 5.71. The molecule has 2 rings (SSSR count). The lowest BCUT2D eigenvalue weighted by Crippen LogP contribution is -2.37. The highest BCUT2D eigenvalue weighted by Gasteiger charge is 2.16. The van der Waals surface area contributed by atoms with E-state index in [2.05, 4.69) is 10.6 Å². The highest BCUT2D eigenvalue weighted by atomic mass is 35.5. The summed E-state index contributed by atoms with van der Waals surface area (Å²) in [5.41, 5.74) is 0.878. The Morgan fingerprint density at radius 3 is 2.88 bits per heavy atom. The van der Waals surface area contributed by atoms with Crippen molar-refractivity contribution in [3.8, 4) is 0 Å². The van der Waals surface area contributed by atoms with Crippen LogP contribution in [0.4, 0.5) is 0 Å². The maximum atomic E-state index is 11.7. The van der Waals surface area contributed by atoms with Crippen LogP contribution in [-0.4, -0.2) is 25.0 Å². The number of amides is 1. The van der Waals surface area contributed by atoms with Crippen LogP contribution in [0.1, 0.15) is 12.0 Å². The van der Waals surface area contributed by atoms with E-state index in [1.807, 2.05) is 6.07 Å². The van der Waals surface area contributed by atoms with Crippen molar-refractivity contribution >= 4 is 29.1 Å². The maximum Gasteiger partial charge on any atom is 0.224 e. The van der Waals surface area contributed by atoms with Gasteiger partial charge in [-0.25, -0.2) is 0 Å². The summed E-state index contributed by atoms with van der Waals surface area (Å²) in [5.74, 6) is 0.0251. The fourth-order valence-electron chi connectivity index (χ4n) is 1.89. The van der Waals surface area contributed by atoms with E-state index in [4.69, 9.17) is 23.2 Å². The Kier molecular flexibility index (Phi) is 4.26. The summed E-state index contributed by atoms with van der Waals surface area (Å²) in [4.78, 5) is 11.7. The molecule has 0 unspecified atom stereocenters. The molecular weight excluding hydrogens is 259 g/mol. The van der Waals surface area contributed by atoms with E-state index in [1.165, 1.54) is 0 Å². The molecule has 0 aromatic heterocycles. The van der Waals surface area contributed by atoms with E-state index in [1.54, 1.807) is 12.1 Å². The lowest BCUT2D eigenvalue weighted by atomic mass is 10.1. The van der Waals surface area contributed by atoms with Crippen LogP contribution < -0.4 is 10.6 Å². The summed E-state index contributed by atoms with van der Waals surface area (Å²) >= 11 is 11.7. The van der Waals surface area contributed by atoms with Crippen molar-refractivity contribution in [2.45, 2.75) is 18.9 Å². The molecule has 3 nitrogen and oxygen atoms in total. The van der Waals surface area contributed by atoms with E-state index < -0.39 is 0 Å². The van der Waals surface area contributed by atoms with Gasteiger partial charge in [0.05, 0.1) is 16.5 Å². The second-order valence-corrected chi connectivity index (χ2v) is 5.00. The largest absolute Gasteiger partial charge is 0.352 e. The molecule has 0 aliphatic carbocycles. The normalized spacial score (nSPS) is 19.3. The Balaban J connectivity index is 1.90. The number of halogens is 2. The number of benzene rings is 1. The van der Waals surface area contributed by atoms with Crippen molar-refractivity contribution in [2.24, 2.45) is 0 Å². The molecule has 0 bridgehead atoms. The van der Waals surface area contributed by atoms with Gasteiger partial charge in [-0.1, -0.05) is 29.3 Å². The van der Waals surface area contributed by atoms with Gasteiger partial charge < -0.3 is 10.6 Å². The Bertz CT molecular complexity index is 417. The first kappa shape index (κ1) is 12.7. The van der Waals surface area contributed by atoms with Gasteiger partial charge in [0.2, 0.25) is 5.91 Å². The number of hydrogen-bond acceptors (Lipinski definition) is 2. The quantitative estimate of drug-likeness (QED) is 0.884. The number of hydrogen-bond donors (Lipinski definition) is 2. The molecule has 1 heterocycles. The van der Waals surface area contributed by atoms with Gasteiger partial charge in [-0.15, -0.1) is 0 Å². The van der Waals surface area contributed by atoms with Gasteiger partial charge in [-0.05, 0) is 30.7 Å². The highest BCUT2D eigenvalue weighted by molar-refractivity contribution is 6.42. The van der Waals surface area contributed by atoms with E-state index in [0.717, 1.165) is 25.1 Å². The van der Waals surface area contributed by atoms with E-state index in [9.17, 15) is 4.79 Å². The third-order valence-electron chi connectivity index (χ3n) is 2.77. The van der Waals surface area contributed by atoms with Crippen molar-refractivity contribution in [2.75, 3.05) is 13.1 Å². The first-order valence-electron chi connectivity index (χ1n) is 5.59. The van der Waals surface area contributed by atoms with Gasteiger partial charge in [0.15, 0.2) is 0 Å². The van der Waals surface area contributed by atoms with Gasteiger partial charge in [0.25, 0.3) is 0 Å². The van der Waals surface area contributed by atoms with Gasteiger partial charge in [0, 0.05) is 12.6 Å². The van der Waals surface area contributed by atoms with Crippen LogP contribution in [0.2, 0.25) is 10.0 Å². The summed E-state index contributed by atoms with van der Waals surface area (Å²) in [7, 11) is 0. The standard InChI is InChI=1S/C12H14Cl2N2O/c13-10-2-1-8(5-11(10)14)6-12(17)16-9-3-4-15-7-9/h1-2,5,9,15H,3-4,6-7H2,(H,16,17)/t9-/m0/s1. The van der Waals surface area contributed by atoms with Crippen LogP contribution in [0.15, 0.2) is 18.2 Å². The van der Waals surface area contributed by atoms with E-state index in [-0.39, 0.29) is 11.9 Å². The number of rotatable bonds is 3. The highest BCUT2D eigenvalue weighted by Crippen LogP contribution is 2.22. The molecule has 92 valence electrons. The van der Waals surface area contributed by atoms with Gasteiger partial charge in [0.1, 0.15) is 0 Å². The van der Waals surface area contributed by atoms with Crippen molar-refractivity contribution in [3.05, 3.63) is 33.8 Å². The summed E-state index contributed by atoms with van der Waals surface area (Å²) in [6.45, 7) is 1.82. The maximum absolute atomic E-state index is 11.7. The van der Waals surface area contributed by atoms with Crippen LogP contribution in [0.25, 0.3) is 0 Å². The number of carbonyl (C=O) groups excluding carboxylic acids is 1. The van der Waals surface area contributed by atoms with Gasteiger partial charge in [-0.2, -0.15) is 0 Å². The minimum Gasteiger partial charge on any atom is -0.352 e.